The summed E-state index contributed by atoms with van der Waals surface area (Å²) in [6, 6.07) is 0. The van der Waals surface area contributed by atoms with E-state index < -0.39 is 0 Å². The fourth-order valence-corrected chi connectivity index (χ4v) is 2.22. The molecule has 0 spiro atoms. The molecular weight excluding hydrogens is 192 g/mol. The molecule has 0 aromatic heterocycles. The lowest BCUT2D eigenvalue weighted by atomic mass is 9.77. The van der Waals surface area contributed by atoms with Gasteiger partial charge in [-0.1, -0.05) is 0 Å². The fraction of sp³-hybridized carbons (Fsp3) is 0.909. The van der Waals surface area contributed by atoms with Gasteiger partial charge in [-0.25, -0.2) is 0 Å². The molecule has 2 unspecified atom stereocenters. The van der Waals surface area contributed by atoms with Crippen LogP contribution in [0.3, 0.4) is 0 Å². The lowest BCUT2D eigenvalue weighted by Gasteiger charge is -2.38. The number of nitrogens with one attached hydrogen (secondary N) is 1. The molecule has 15 heavy (non-hydrogen) atoms. The molecule has 4 nitrogen and oxygen atoms in total. The van der Waals surface area contributed by atoms with E-state index in [9.17, 15) is 4.79 Å². The van der Waals surface area contributed by atoms with E-state index in [2.05, 4.69) is 5.32 Å². The van der Waals surface area contributed by atoms with Crippen molar-refractivity contribution in [2.24, 2.45) is 11.7 Å². The SMILES string of the molecule is CC1CC(C(=O)NCC2(N)CCC2)CO1. The summed E-state index contributed by atoms with van der Waals surface area (Å²) in [4.78, 5) is 11.7. The van der Waals surface area contributed by atoms with Gasteiger partial charge in [0.25, 0.3) is 0 Å². The average molecular weight is 212 g/mol. The second kappa shape index (κ2) is 4.10. The van der Waals surface area contributed by atoms with Crippen molar-refractivity contribution in [1.82, 2.24) is 5.32 Å². The molecule has 1 amide bonds. The van der Waals surface area contributed by atoms with Gasteiger partial charge in [0.05, 0.1) is 18.6 Å². The van der Waals surface area contributed by atoms with Gasteiger partial charge in [0.15, 0.2) is 0 Å². The first kappa shape index (κ1) is 10.9. The first-order valence-electron chi connectivity index (χ1n) is 5.77. The number of carbonyl (C=O) groups excluding carboxylic acids is 1. The Morgan fingerprint density at radius 1 is 1.60 bits per heavy atom. The third kappa shape index (κ3) is 2.49. The van der Waals surface area contributed by atoms with Crippen molar-refractivity contribution in [3.63, 3.8) is 0 Å². The van der Waals surface area contributed by atoms with Crippen LogP contribution >= 0.6 is 0 Å². The maximum absolute atomic E-state index is 11.7. The molecule has 1 heterocycles. The van der Waals surface area contributed by atoms with E-state index in [-0.39, 0.29) is 23.5 Å². The molecular formula is C11H20N2O2. The number of hydrogen-bond acceptors (Lipinski definition) is 3. The normalized spacial score (nSPS) is 33.5. The maximum atomic E-state index is 11.7. The quantitative estimate of drug-likeness (QED) is 0.712. The zero-order valence-corrected chi connectivity index (χ0v) is 9.29. The van der Waals surface area contributed by atoms with Gasteiger partial charge in [0.1, 0.15) is 0 Å². The van der Waals surface area contributed by atoms with Crippen LogP contribution < -0.4 is 11.1 Å². The number of carbonyl (C=O) groups is 1. The third-order valence-electron chi connectivity index (χ3n) is 3.53. The van der Waals surface area contributed by atoms with Crippen LogP contribution in [0.15, 0.2) is 0 Å². The van der Waals surface area contributed by atoms with Gasteiger partial charge in [0.2, 0.25) is 5.91 Å². The van der Waals surface area contributed by atoms with E-state index in [1.165, 1.54) is 6.42 Å². The van der Waals surface area contributed by atoms with Crippen molar-refractivity contribution >= 4 is 5.91 Å². The van der Waals surface area contributed by atoms with Gasteiger partial charge in [0, 0.05) is 12.1 Å². The van der Waals surface area contributed by atoms with E-state index in [4.69, 9.17) is 10.5 Å². The van der Waals surface area contributed by atoms with Gasteiger partial charge in [-0.15, -0.1) is 0 Å². The van der Waals surface area contributed by atoms with Gasteiger partial charge >= 0.3 is 0 Å². The highest BCUT2D eigenvalue weighted by molar-refractivity contribution is 5.79. The Labute approximate surface area is 90.5 Å². The summed E-state index contributed by atoms with van der Waals surface area (Å²) in [6.07, 6.45) is 4.31. The van der Waals surface area contributed by atoms with Crippen LogP contribution in [-0.2, 0) is 9.53 Å². The molecule has 0 aromatic carbocycles. The minimum absolute atomic E-state index is 0.0312. The highest BCUT2D eigenvalue weighted by atomic mass is 16.5. The second-order valence-corrected chi connectivity index (χ2v) is 5.01. The van der Waals surface area contributed by atoms with Crippen molar-refractivity contribution in [1.29, 1.82) is 0 Å². The summed E-state index contributed by atoms with van der Waals surface area (Å²) in [6.45, 7) is 3.19. The molecule has 1 saturated carbocycles. The van der Waals surface area contributed by atoms with E-state index in [0.29, 0.717) is 13.2 Å². The third-order valence-corrected chi connectivity index (χ3v) is 3.53. The Kier molecular flexibility index (Phi) is 2.98. The van der Waals surface area contributed by atoms with Crippen LogP contribution in [0.1, 0.15) is 32.6 Å². The van der Waals surface area contributed by atoms with Gasteiger partial charge < -0.3 is 15.8 Å². The molecule has 86 valence electrons. The minimum atomic E-state index is -0.124. The van der Waals surface area contributed by atoms with Crippen LogP contribution in [-0.4, -0.2) is 30.7 Å². The molecule has 2 atom stereocenters. The number of ether oxygens (including phenoxy) is 1. The summed E-state index contributed by atoms with van der Waals surface area (Å²) in [7, 11) is 0. The van der Waals surface area contributed by atoms with Crippen LogP contribution in [0.5, 0.6) is 0 Å². The Morgan fingerprint density at radius 3 is 2.80 bits per heavy atom. The van der Waals surface area contributed by atoms with E-state index >= 15 is 0 Å². The molecule has 3 N–H and O–H groups in total. The lowest BCUT2D eigenvalue weighted by Crippen LogP contribution is -2.55. The Balaban J connectivity index is 1.72. The number of hydrogen-bond donors (Lipinski definition) is 2. The van der Waals surface area contributed by atoms with Crippen molar-refractivity contribution in [3.8, 4) is 0 Å². The van der Waals surface area contributed by atoms with Crippen LogP contribution in [0.25, 0.3) is 0 Å². The van der Waals surface area contributed by atoms with Crippen molar-refractivity contribution < 1.29 is 9.53 Å². The lowest BCUT2D eigenvalue weighted by molar-refractivity contribution is -0.125. The standard InChI is InChI=1S/C11H20N2O2/c1-8-5-9(6-15-8)10(14)13-7-11(12)3-2-4-11/h8-9H,2-7,12H2,1H3,(H,13,14). The smallest absolute Gasteiger partial charge is 0.225 e. The monoisotopic (exact) mass is 212 g/mol. The Hall–Kier alpha value is -0.610. The van der Waals surface area contributed by atoms with Crippen LogP contribution in [0.4, 0.5) is 0 Å². The van der Waals surface area contributed by atoms with Crippen molar-refractivity contribution in [2.75, 3.05) is 13.2 Å². The van der Waals surface area contributed by atoms with Crippen molar-refractivity contribution in [3.05, 3.63) is 0 Å². The average Bonchev–Trinajstić information content (AvgIpc) is 2.58. The molecule has 0 aromatic rings. The second-order valence-electron chi connectivity index (χ2n) is 5.01. The van der Waals surface area contributed by atoms with Crippen LogP contribution in [0.2, 0.25) is 0 Å². The maximum Gasteiger partial charge on any atom is 0.225 e. The van der Waals surface area contributed by atoms with Crippen LogP contribution in [0, 0.1) is 5.92 Å². The molecule has 1 aliphatic heterocycles. The number of amides is 1. The molecule has 4 heteroatoms. The molecule has 1 aliphatic carbocycles. The highest BCUT2D eigenvalue weighted by Gasteiger charge is 2.34. The zero-order valence-electron chi connectivity index (χ0n) is 9.29. The predicted molar refractivity (Wildman–Crippen MR) is 57.3 cm³/mol. The molecule has 2 fully saturated rings. The Morgan fingerprint density at radius 2 is 2.33 bits per heavy atom. The largest absolute Gasteiger partial charge is 0.378 e. The summed E-state index contributed by atoms with van der Waals surface area (Å²) in [5, 5.41) is 2.94. The van der Waals surface area contributed by atoms with Gasteiger partial charge in [-0.2, -0.15) is 0 Å². The summed E-state index contributed by atoms with van der Waals surface area (Å²) < 4.78 is 5.37. The number of nitrogens with two attached hydrogens (primary N) is 1. The van der Waals surface area contributed by atoms with E-state index in [1.807, 2.05) is 6.92 Å². The van der Waals surface area contributed by atoms with Gasteiger partial charge in [-0.3, -0.25) is 4.79 Å². The molecule has 0 bridgehead atoms. The first-order chi connectivity index (χ1) is 7.09. The highest BCUT2D eigenvalue weighted by Crippen LogP contribution is 2.28. The zero-order chi connectivity index (χ0) is 10.9. The molecule has 2 aliphatic rings. The van der Waals surface area contributed by atoms with Gasteiger partial charge in [-0.05, 0) is 32.6 Å². The topological polar surface area (TPSA) is 64.4 Å². The summed E-state index contributed by atoms with van der Waals surface area (Å²) in [5.74, 6) is 0.139. The molecule has 0 radical (unpaired) electrons. The molecule has 1 saturated heterocycles. The van der Waals surface area contributed by atoms with E-state index in [0.717, 1.165) is 19.3 Å². The number of rotatable bonds is 3. The summed E-state index contributed by atoms with van der Waals surface area (Å²) >= 11 is 0. The Bertz CT molecular complexity index is 251. The summed E-state index contributed by atoms with van der Waals surface area (Å²) in [5.41, 5.74) is 5.91. The molecule has 2 rings (SSSR count). The predicted octanol–water partition coefficient (Wildman–Crippen LogP) is 0.409. The minimum Gasteiger partial charge on any atom is -0.378 e. The fourth-order valence-electron chi connectivity index (χ4n) is 2.22. The first-order valence-corrected chi connectivity index (χ1v) is 5.77. The van der Waals surface area contributed by atoms with Crippen molar-refractivity contribution in [2.45, 2.75) is 44.2 Å². The van der Waals surface area contributed by atoms with E-state index in [1.54, 1.807) is 0 Å².